The summed E-state index contributed by atoms with van der Waals surface area (Å²) in [5.41, 5.74) is 8.16. The predicted octanol–water partition coefficient (Wildman–Crippen LogP) is 4.32. The fourth-order valence-corrected chi connectivity index (χ4v) is 2.13. The van der Waals surface area contributed by atoms with E-state index in [1.807, 2.05) is 24.3 Å². The normalized spacial score (nSPS) is 10.5. The van der Waals surface area contributed by atoms with Crippen molar-refractivity contribution in [3.05, 3.63) is 59.7 Å². The van der Waals surface area contributed by atoms with Crippen LogP contribution < -0.4 is 10.5 Å². The largest absolute Gasteiger partial charge is 0.457 e. The Hall–Kier alpha value is -1.80. The van der Waals surface area contributed by atoms with Crippen LogP contribution >= 0.6 is 0 Å². The highest BCUT2D eigenvalue weighted by Gasteiger charge is 1.99. The van der Waals surface area contributed by atoms with Gasteiger partial charge in [-0.05, 0) is 61.2 Å². The fourth-order valence-electron chi connectivity index (χ4n) is 2.13. The maximum atomic E-state index is 5.84. The molecule has 0 amide bonds. The van der Waals surface area contributed by atoms with Gasteiger partial charge in [0.1, 0.15) is 11.5 Å². The molecule has 0 fully saturated rings. The van der Waals surface area contributed by atoms with E-state index in [1.54, 1.807) is 0 Å². The second-order valence-electron chi connectivity index (χ2n) is 5.03. The summed E-state index contributed by atoms with van der Waals surface area (Å²) in [5.74, 6) is 1.75. The second-order valence-corrected chi connectivity index (χ2v) is 5.03. The molecule has 0 aromatic heterocycles. The van der Waals surface area contributed by atoms with Crippen LogP contribution in [-0.2, 0) is 12.8 Å². The molecule has 0 bridgehead atoms. The number of rotatable bonds is 7. The summed E-state index contributed by atoms with van der Waals surface area (Å²) in [6.07, 6.45) is 4.52. The minimum absolute atomic E-state index is 0.680. The van der Waals surface area contributed by atoms with Crippen LogP contribution in [-0.4, -0.2) is 6.54 Å². The van der Waals surface area contributed by atoms with Gasteiger partial charge in [-0.1, -0.05) is 37.6 Å². The molecule has 2 rings (SSSR count). The summed E-state index contributed by atoms with van der Waals surface area (Å²) in [7, 11) is 0. The highest BCUT2D eigenvalue weighted by atomic mass is 16.5. The molecule has 0 aliphatic carbocycles. The molecule has 0 aliphatic rings. The lowest BCUT2D eigenvalue weighted by atomic mass is 10.1. The number of nitrogens with two attached hydrogens (primary N) is 1. The Morgan fingerprint density at radius 3 is 1.75 bits per heavy atom. The van der Waals surface area contributed by atoms with E-state index >= 15 is 0 Å². The zero-order valence-electron chi connectivity index (χ0n) is 12.1. The molecule has 0 saturated heterocycles. The Kier molecular flexibility index (Phi) is 5.63. The molecular formula is C18H23NO. The van der Waals surface area contributed by atoms with Crippen molar-refractivity contribution in [3.8, 4) is 11.5 Å². The van der Waals surface area contributed by atoms with Crippen LogP contribution in [0.2, 0.25) is 0 Å². The first-order valence-corrected chi connectivity index (χ1v) is 7.37. The van der Waals surface area contributed by atoms with Gasteiger partial charge in [0, 0.05) is 0 Å². The van der Waals surface area contributed by atoms with Crippen LogP contribution in [0.25, 0.3) is 0 Å². The number of aryl methyl sites for hydroxylation is 1. The van der Waals surface area contributed by atoms with E-state index in [4.69, 9.17) is 10.5 Å². The highest BCUT2D eigenvalue weighted by Crippen LogP contribution is 2.22. The summed E-state index contributed by atoms with van der Waals surface area (Å²) in [4.78, 5) is 0. The fraction of sp³-hybridized carbons (Fsp3) is 0.333. The van der Waals surface area contributed by atoms with Gasteiger partial charge in [0.15, 0.2) is 0 Å². The first-order valence-electron chi connectivity index (χ1n) is 7.37. The van der Waals surface area contributed by atoms with Crippen molar-refractivity contribution in [1.82, 2.24) is 0 Å². The SMILES string of the molecule is CCCCc1ccc(Oc2ccc(CCN)cc2)cc1. The highest BCUT2D eigenvalue weighted by molar-refractivity contribution is 5.34. The van der Waals surface area contributed by atoms with Crippen molar-refractivity contribution < 1.29 is 4.74 Å². The summed E-state index contributed by atoms with van der Waals surface area (Å²) < 4.78 is 5.84. The Bertz CT molecular complexity index is 502. The van der Waals surface area contributed by atoms with E-state index in [2.05, 4.69) is 31.2 Å². The lowest BCUT2D eigenvalue weighted by Crippen LogP contribution is -2.02. The van der Waals surface area contributed by atoms with Gasteiger partial charge in [-0.3, -0.25) is 0 Å². The minimum atomic E-state index is 0.680. The molecule has 0 radical (unpaired) electrons. The summed E-state index contributed by atoms with van der Waals surface area (Å²) in [6.45, 7) is 2.89. The first-order chi connectivity index (χ1) is 9.81. The number of hydrogen-bond donors (Lipinski definition) is 1. The van der Waals surface area contributed by atoms with Gasteiger partial charge >= 0.3 is 0 Å². The molecule has 0 heterocycles. The zero-order chi connectivity index (χ0) is 14.2. The van der Waals surface area contributed by atoms with Gasteiger partial charge in [0.05, 0.1) is 0 Å². The molecule has 0 aliphatic heterocycles. The molecule has 2 aromatic rings. The van der Waals surface area contributed by atoms with E-state index in [0.717, 1.165) is 24.3 Å². The Morgan fingerprint density at radius 2 is 1.30 bits per heavy atom. The van der Waals surface area contributed by atoms with Crippen molar-refractivity contribution >= 4 is 0 Å². The van der Waals surface area contributed by atoms with Crippen molar-refractivity contribution in [2.75, 3.05) is 6.54 Å². The summed E-state index contributed by atoms with van der Waals surface area (Å²) in [5, 5.41) is 0. The van der Waals surface area contributed by atoms with Crippen LogP contribution in [0.15, 0.2) is 48.5 Å². The predicted molar refractivity (Wildman–Crippen MR) is 84.3 cm³/mol. The maximum Gasteiger partial charge on any atom is 0.127 e. The molecular weight excluding hydrogens is 246 g/mol. The van der Waals surface area contributed by atoms with E-state index in [0.29, 0.717) is 6.54 Å². The topological polar surface area (TPSA) is 35.2 Å². The van der Waals surface area contributed by atoms with Crippen molar-refractivity contribution in [3.63, 3.8) is 0 Å². The van der Waals surface area contributed by atoms with Crippen LogP contribution in [0.5, 0.6) is 11.5 Å². The second kappa shape index (κ2) is 7.71. The molecule has 0 atom stereocenters. The number of hydrogen-bond acceptors (Lipinski definition) is 2. The first kappa shape index (κ1) is 14.6. The van der Waals surface area contributed by atoms with Crippen LogP contribution in [0.1, 0.15) is 30.9 Å². The van der Waals surface area contributed by atoms with E-state index in [1.165, 1.54) is 24.0 Å². The van der Waals surface area contributed by atoms with Gasteiger partial charge < -0.3 is 10.5 Å². The third kappa shape index (κ3) is 4.39. The smallest absolute Gasteiger partial charge is 0.127 e. The van der Waals surface area contributed by atoms with Gasteiger partial charge in [-0.2, -0.15) is 0 Å². The summed E-state index contributed by atoms with van der Waals surface area (Å²) in [6, 6.07) is 16.5. The lowest BCUT2D eigenvalue weighted by Gasteiger charge is -2.07. The molecule has 106 valence electrons. The monoisotopic (exact) mass is 269 g/mol. The molecule has 2 nitrogen and oxygen atoms in total. The Labute approximate surface area is 121 Å². The van der Waals surface area contributed by atoms with Crippen LogP contribution in [0.3, 0.4) is 0 Å². The van der Waals surface area contributed by atoms with Crippen LogP contribution in [0, 0.1) is 0 Å². The van der Waals surface area contributed by atoms with Gasteiger partial charge in [-0.15, -0.1) is 0 Å². The molecule has 0 spiro atoms. The van der Waals surface area contributed by atoms with E-state index < -0.39 is 0 Å². The number of unbranched alkanes of at least 4 members (excludes halogenated alkanes) is 1. The molecule has 2 N–H and O–H groups in total. The number of ether oxygens (including phenoxy) is 1. The van der Waals surface area contributed by atoms with Crippen molar-refractivity contribution in [1.29, 1.82) is 0 Å². The number of benzene rings is 2. The van der Waals surface area contributed by atoms with E-state index in [-0.39, 0.29) is 0 Å². The lowest BCUT2D eigenvalue weighted by molar-refractivity contribution is 0.482. The molecule has 2 aromatic carbocycles. The van der Waals surface area contributed by atoms with E-state index in [9.17, 15) is 0 Å². The molecule has 20 heavy (non-hydrogen) atoms. The van der Waals surface area contributed by atoms with Gasteiger partial charge in [0.25, 0.3) is 0 Å². The molecule has 0 unspecified atom stereocenters. The zero-order valence-corrected chi connectivity index (χ0v) is 12.1. The van der Waals surface area contributed by atoms with Gasteiger partial charge in [-0.25, -0.2) is 0 Å². The third-order valence-corrected chi connectivity index (χ3v) is 3.33. The van der Waals surface area contributed by atoms with Crippen LogP contribution in [0.4, 0.5) is 0 Å². The quantitative estimate of drug-likeness (QED) is 0.812. The molecule has 2 heteroatoms. The Balaban J connectivity index is 1.95. The van der Waals surface area contributed by atoms with Gasteiger partial charge in [0.2, 0.25) is 0 Å². The average molecular weight is 269 g/mol. The van der Waals surface area contributed by atoms with Crippen molar-refractivity contribution in [2.45, 2.75) is 32.6 Å². The average Bonchev–Trinajstić information content (AvgIpc) is 2.49. The summed E-state index contributed by atoms with van der Waals surface area (Å²) >= 11 is 0. The minimum Gasteiger partial charge on any atom is -0.457 e. The standard InChI is InChI=1S/C18H23NO/c1-2-3-4-15-5-9-17(10-6-15)20-18-11-7-16(8-12-18)13-14-19/h5-12H,2-4,13-14,19H2,1H3. The maximum absolute atomic E-state index is 5.84. The van der Waals surface area contributed by atoms with Crippen molar-refractivity contribution in [2.24, 2.45) is 5.73 Å². The molecule has 0 saturated carbocycles. The Morgan fingerprint density at radius 1 is 0.800 bits per heavy atom. The third-order valence-electron chi connectivity index (χ3n) is 3.33.